The first-order chi connectivity index (χ1) is 14.3. The number of nitrogens with zero attached hydrogens (tertiary/aromatic N) is 3. The van der Waals surface area contributed by atoms with E-state index >= 15 is 0 Å². The summed E-state index contributed by atoms with van der Waals surface area (Å²) in [5.41, 5.74) is 6.39. The van der Waals surface area contributed by atoms with Crippen LogP contribution in [0.1, 0.15) is 50.0 Å². The molecule has 1 aromatic rings. The zero-order valence-corrected chi connectivity index (χ0v) is 17.7. The van der Waals surface area contributed by atoms with E-state index in [4.69, 9.17) is 5.73 Å². The van der Waals surface area contributed by atoms with Crippen molar-refractivity contribution in [2.24, 2.45) is 34.8 Å². The molecule has 0 aromatic carbocycles. The van der Waals surface area contributed by atoms with Crippen LogP contribution in [0.4, 0.5) is 10.6 Å². The van der Waals surface area contributed by atoms with Crippen molar-refractivity contribution >= 4 is 17.8 Å². The van der Waals surface area contributed by atoms with Crippen molar-refractivity contribution in [3.05, 3.63) is 17.6 Å². The summed E-state index contributed by atoms with van der Waals surface area (Å²) in [6.45, 7) is 4.34. The molecule has 4 saturated carbocycles. The number of aromatic nitrogens is 2. The summed E-state index contributed by atoms with van der Waals surface area (Å²) in [6.07, 6.45) is 4.68. The Hall–Kier alpha value is -2.38. The van der Waals surface area contributed by atoms with Crippen LogP contribution in [0.2, 0.25) is 0 Å². The van der Waals surface area contributed by atoms with Crippen LogP contribution in [0.15, 0.2) is 6.07 Å². The fourth-order valence-corrected chi connectivity index (χ4v) is 7.58. The lowest BCUT2D eigenvalue weighted by molar-refractivity contribution is -0.154. The molecule has 1 saturated heterocycles. The van der Waals surface area contributed by atoms with Crippen molar-refractivity contribution in [2.45, 2.75) is 64.5 Å². The van der Waals surface area contributed by atoms with Crippen LogP contribution in [0.5, 0.6) is 0 Å². The summed E-state index contributed by atoms with van der Waals surface area (Å²) in [5.74, 6) is 2.89. The number of anilines is 1. The molecule has 5 unspecified atom stereocenters. The summed E-state index contributed by atoms with van der Waals surface area (Å²) in [4.78, 5) is 34.9. The van der Waals surface area contributed by atoms with Gasteiger partial charge in [0.05, 0.1) is 12.1 Å². The maximum atomic E-state index is 12.3. The van der Waals surface area contributed by atoms with E-state index in [9.17, 15) is 14.7 Å². The van der Waals surface area contributed by atoms with E-state index in [-0.39, 0.29) is 29.3 Å². The Morgan fingerprint density at radius 2 is 1.90 bits per heavy atom. The number of carbonyl (C=O) groups is 2. The van der Waals surface area contributed by atoms with Crippen LogP contribution in [0.3, 0.4) is 0 Å². The fraction of sp³-hybridized carbons (Fsp3) is 0.727. The molecule has 162 valence electrons. The molecule has 8 nitrogen and oxygen atoms in total. The van der Waals surface area contributed by atoms with Crippen LogP contribution in [-0.2, 0) is 4.79 Å². The summed E-state index contributed by atoms with van der Waals surface area (Å²) in [7, 11) is 0. The average Bonchev–Trinajstić information content (AvgIpc) is 3.03. The largest absolute Gasteiger partial charge is 0.465 e. The summed E-state index contributed by atoms with van der Waals surface area (Å²) >= 11 is 0. The van der Waals surface area contributed by atoms with E-state index in [1.165, 1.54) is 0 Å². The third-order valence-corrected chi connectivity index (χ3v) is 8.26. The molecule has 0 radical (unpaired) electrons. The molecule has 7 atom stereocenters. The van der Waals surface area contributed by atoms with Gasteiger partial charge in [-0.05, 0) is 76.0 Å². The number of carboxylic acid groups (broad SMARTS) is 1. The SMILES string of the molecule is Cc1cc(NC2CCN(C(=O)O)C2C2[C@@H]3CC4C[C@H]2CC(C(N)=O)(C4)C3)nc(C)n1. The lowest BCUT2D eigenvalue weighted by Gasteiger charge is -2.61. The average molecular weight is 414 g/mol. The first-order valence-corrected chi connectivity index (χ1v) is 11.1. The Labute approximate surface area is 176 Å². The van der Waals surface area contributed by atoms with Gasteiger partial charge in [-0.25, -0.2) is 14.8 Å². The normalized spacial score (nSPS) is 39.3. The highest BCUT2D eigenvalue weighted by Gasteiger charge is 2.61. The third kappa shape index (κ3) is 3.03. The second-order valence-electron chi connectivity index (χ2n) is 10.1. The maximum Gasteiger partial charge on any atom is 0.407 e. The van der Waals surface area contributed by atoms with E-state index < -0.39 is 6.09 Å². The van der Waals surface area contributed by atoms with Crippen molar-refractivity contribution in [1.29, 1.82) is 0 Å². The molecule has 30 heavy (non-hydrogen) atoms. The molecular formula is C22H31N5O3. The number of likely N-dealkylation sites (tertiary alicyclic amines) is 1. The van der Waals surface area contributed by atoms with Gasteiger partial charge in [0.15, 0.2) is 0 Å². The van der Waals surface area contributed by atoms with E-state index in [0.717, 1.165) is 50.0 Å². The Bertz CT molecular complexity index is 853. The molecule has 0 spiro atoms. The van der Waals surface area contributed by atoms with Gasteiger partial charge in [0, 0.05) is 23.7 Å². The predicted octanol–water partition coefficient (Wildman–Crippen LogP) is 2.55. The lowest BCUT2D eigenvalue weighted by Crippen LogP contribution is -2.61. The van der Waals surface area contributed by atoms with Crippen LogP contribution in [0, 0.1) is 42.9 Å². The van der Waals surface area contributed by atoms with Crippen molar-refractivity contribution in [3.63, 3.8) is 0 Å². The van der Waals surface area contributed by atoms with Crippen LogP contribution in [0.25, 0.3) is 0 Å². The van der Waals surface area contributed by atoms with Gasteiger partial charge in [-0.1, -0.05) is 0 Å². The summed E-state index contributed by atoms with van der Waals surface area (Å²) < 4.78 is 0. The van der Waals surface area contributed by atoms with Crippen LogP contribution >= 0.6 is 0 Å². The number of rotatable bonds is 4. The van der Waals surface area contributed by atoms with Crippen LogP contribution in [-0.4, -0.2) is 50.6 Å². The third-order valence-electron chi connectivity index (χ3n) is 8.26. The highest BCUT2D eigenvalue weighted by molar-refractivity contribution is 5.81. The monoisotopic (exact) mass is 413 g/mol. The van der Waals surface area contributed by atoms with Crippen molar-refractivity contribution in [3.8, 4) is 0 Å². The minimum Gasteiger partial charge on any atom is -0.465 e. The highest BCUT2D eigenvalue weighted by Crippen LogP contribution is 2.63. The molecule has 4 aliphatic carbocycles. The molecule has 1 aliphatic heterocycles. The molecule has 4 bridgehead atoms. The van der Waals surface area contributed by atoms with Gasteiger partial charge in [0.25, 0.3) is 0 Å². The molecule has 4 N–H and O–H groups in total. The second-order valence-corrected chi connectivity index (χ2v) is 10.1. The van der Waals surface area contributed by atoms with Crippen molar-refractivity contribution in [2.75, 3.05) is 11.9 Å². The summed E-state index contributed by atoms with van der Waals surface area (Å²) in [5, 5.41) is 13.5. The van der Waals surface area contributed by atoms with E-state index in [2.05, 4.69) is 15.3 Å². The quantitative estimate of drug-likeness (QED) is 0.697. The number of carbonyl (C=O) groups excluding carboxylic acids is 1. The molecular weight excluding hydrogens is 382 g/mol. The first-order valence-electron chi connectivity index (χ1n) is 11.1. The molecule has 2 amide bonds. The molecule has 1 aromatic heterocycles. The standard InChI is InChI=1S/C22H31N5O3/c1-11-5-17(25-12(2)24-11)26-16-3-4-27(21(29)30)19(16)18-14-6-13-7-15(18)10-22(8-13,9-14)20(23)28/h5,13-16,18-19H,3-4,6-10H2,1-2H3,(H2,23,28)(H,29,30)(H,24,25,26)/t13?,14-,15+,16?,18?,19?,22?. The van der Waals surface area contributed by atoms with Gasteiger partial charge in [0.1, 0.15) is 11.6 Å². The van der Waals surface area contributed by atoms with Gasteiger partial charge in [-0.2, -0.15) is 0 Å². The number of primary amides is 1. The van der Waals surface area contributed by atoms with E-state index in [1.807, 2.05) is 19.9 Å². The van der Waals surface area contributed by atoms with Gasteiger partial charge in [0.2, 0.25) is 5.91 Å². The van der Waals surface area contributed by atoms with Gasteiger partial charge in [-0.3, -0.25) is 4.79 Å². The molecule has 5 aliphatic rings. The minimum absolute atomic E-state index is 0.0156. The zero-order valence-electron chi connectivity index (χ0n) is 17.7. The minimum atomic E-state index is -0.849. The highest BCUT2D eigenvalue weighted by atomic mass is 16.4. The Kier molecular flexibility index (Phi) is 4.45. The van der Waals surface area contributed by atoms with Gasteiger partial charge < -0.3 is 21.1 Å². The summed E-state index contributed by atoms with van der Waals surface area (Å²) in [6, 6.07) is 1.84. The Morgan fingerprint density at radius 1 is 1.20 bits per heavy atom. The van der Waals surface area contributed by atoms with E-state index in [0.29, 0.717) is 30.1 Å². The number of amides is 2. The fourth-order valence-electron chi connectivity index (χ4n) is 7.58. The number of hydrogen-bond acceptors (Lipinski definition) is 5. The Morgan fingerprint density at radius 3 is 2.50 bits per heavy atom. The van der Waals surface area contributed by atoms with Crippen LogP contribution < -0.4 is 11.1 Å². The van der Waals surface area contributed by atoms with Crippen molar-refractivity contribution in [1.82, 2.24) is 14.9 Å². The van der Waals surface area contributed by atoms with E-state index in [1.54, 1.807) is 4.90 Å². The number of aryl methyl sites for hydroxylation is 2. The second kappa shape index (κ2) is 6.82. The number of nitrogens with one attached hydrogen (secondary N) is 1. The first kappa shape index (κ1) is 19.6. The molecule has 2 heterocycles. The molecule has 6 rings (SSSR count). The molecule has 5 fully saturated rings. The topological polar surface area (TPSA) is 121 Å². The van der Waals surface area contributed by atoms with Gasteiger partial charge >= 0.3 is 6.09 Å². The predicted molar refractivity (Wildman–Crippen MR) is 111 cm³/mol. The number of nitrogens with two attached hydrogens (primary N) is 1. The zero-order chi connectivity index (χ0) is 21.2. The maximum absolute atomic E-state index is 12.3. The van der Waals surface area contributed by atoms with Crippen molar-refractivity contribution < 1.29 is 14.7 Å². The smallest absolute Gasteiger partial charge is 0.407 e. The lowest BCUT2D eigenvalue weighted by atomic mass is 9.44. The van der Waals surface area contributed by atoms with Gasteiger partial charge in [-0.15, -0.1) is 0 Å². The Balaban J connectivity index is 1.45. The molecule has 8 heteroatoms. The number of hydrogen-bond donors (Lipinski definition) is 3.